The quantitative estimate of drug-likeness (QED) is 0.323. The lowest BCUT2D eigenvalue weighted by atomic mass is 10.0. The van der Waals surface area contributed by atoms with E-state index in [1.54, 1.807) is 14.1 Å². The van der Waals surface area contributed by atoms with Crippen LogP contribution in [0.1, 0.15) is 96.8 Å². The average Bonchev–Trinajstić information content (AvgIpc) is 3.38. The van der Waals surface area contributed by atoms with Gasteiger partial charge in [0.2, 0.25) is 0 Å². The fourth-order valence-corrected chi connectivity index (χ4v) is 3.41. The zero-order valence-corrected chi connectivity index (χ0v) is 16.8. The van der Waals surface area contributed by atoms with Gasteiger partial charge in [0.05, 0.1) is 6.10 Å². The van der Waals surface area contributed by atoms with Crippen molar-refractivity contribution in [1.29, 1.82) is 0 Å². The number of likely N-dealkylation sites (N-methyl/N-ethyl adjacent to an activating group) is 1. The summed E-state index contributed by atoms with van der Waals surface area (Å²) in [4.78, 5) is 13.2. The number of hydrogen-bond donors (Lipinski definition) is 1. The number of unbranched alkanes of at least 4 members (excludes halogenated alkanes) is 12. The fraction of sp³-hybridized carbons (Fsp3) is 0.952. The zero-order valence-electron chi connectivity index (χ0n) is 16.8. The molecule has 1 rings (SSSR count). The second-order valence-corrected chi connectivity index (χ2v) is 7.85. The minimum absolute atomic E-state index is 0.0330. The van der Waals surface area contributed by atoms with Crippen LogP contribution in [-0.4, -0.2) is 48.3 Å². The van der Waals surface area contributed by atoms with Crippen LogP contribution >= 0.6 is 0 Å². The SMILES string of the molecule is CCCCCCCCCCCCCCCC(O)[C@@H]1O[C@@H]1C(=O)N(C)C. The molecule has 1 N–H and O–H groups in total. The first-order chi connectivity index (χ1) is 12.1. The predicted octanol–water partition coefficient (Wildman–Crippen LogP) is 4.68. The highest BCUT2D eigenvalue weighted by Crippen LogP contribution is 2.29. The summed E-state index contributed by atoms with van der Waals surface area (Å²) in [5, 5.41) is 10.1. The Labute approximate surface area is 155 Å². The van der Waals surface area contributed by atoms with E-state index in [1.165, 1.54) is 81.9 Å². The molecule has 3 atom stereocenters. The summed E-state index contributed by atoms with van der Waals surface area (Å²) in [6.45, 7) is 2.27. The van der Waals surface area contributed by atoms with Crippen molar-refractivity contribution in [3.8, 4) is 0 Å². The second kappa shape index (κ2) is 13.6. The molecule has 148 valence electrons. The smallest absolute Gasteiger partial charge is 0.254 e. The van der Waals surface area contributed by atoms with Gasteiger partial charge in [-0.15, -0.1) is 0 Å². The maximum atomic E-state index is 11.7. The Bertz CT molecular complexity index is 346. The molecule has 1 aliphatic heterocycles. The molecule has 4 nitrogen and oxygen atoms in total. The van der Waals surface area contributed by atoms with Crippen LogP contribution in [0.2, 0.25) is 0 Å². The van der Waals surface area contributed by atoms with Crippen molar-refractivity contribution in [3.05, 3.63) is 0 Å². The molecular weight excluding hydrogens is 314 g/mol. The van der Waals surface area contributed by atoms with E-state index in [9.17, 15) is 9.90 Å². The lowest BCUT2D eigenvalue weighted by Crippen LogP contribution is -2.30. The minimum atomic E-state index is -0.485. The van der Waals surface area contributed by atoms with Gasteiger partial charge in [-0.05, 0) is 6.42 Å². The van der Waals surface area contributed by atoms with Crippen LogP contribution in [0.5, 0.6) is 0 Å². The van der Waals surface area contributed by atoms with Gasteiger partial charge in [0.25, 0.3) is 5.91 Å². The number of hydrogen-bond acceptors (Lipinski definition) is 3. The molecule has 0 aromatic carbocycles. The number of epoxide rings is 1. The van der Waals surface area contributed by atoms with Gasteiger partial charge >= 0.3 is 0 Å². The second-order valence-electron chi connectivity index (χ2n) is 7.85. The van der Waals surface area contributed by atoms with Crippen molar-refractivity contribution < 1.29 is 14.6 Å². The standard InChI is InChI=1S/C21H41NO3/c1-4-5-6-7-8-9-10-11-12-13-14-15-16-17-18(23)19-20(25-19)21(24)22(2)3/h18-20,23H,4-17H2,1-3H3/t18?,19-,20-/m0/s1. The Kier molecular flexibility index (Phi) is 12.2. The minimum Gasteiger partial charge on any atom is -0.390 e. The molecule has 1 amide bonds. The molecule has 1 saturated heterocycles. The lowest BCUT2D eigenvalue weighted by Gasteiger charge is -2.09. The summed E-state index contributed by atoms with van der Waals surface area (Å²) in [6, 6.07) is 0. The molecule has 1 heterocycles. The topological polar surface area (TPSA) is 53.1 Å². The van der Waals surface area contributed by atoms with E-state index in [0.717, 1.165) is 12.8 Å². The Hall–Kier alpha value is -0.610. The fourth-order valence-electron chi connectivity index (χ4n) is 3.41. The molecule has 0 bridgehead atoms. The largest absolute Gasteiger partial charge is 0.390 e. The van der Waals surface area contributed by atoms with Crippen LogP contribution < -0.4 is 0 Å². The van der Waals surface area contributed by atoms with Crippen molar-refractivity contribution in [2.45, 2.75) is 115 Å². The molecule has 0 saturated carbocycles. The number of aliphatic hydroxyl groups excluding tert-OH is 1. The molecule has 0 spiro atoms. The molecule has 0 aromatic heterocycles. The van der Waals surface area contributed by atoms with Gasteiger partial charge < -0.3 is 14.7 Å². The monoisotopic (exact) mass is 355 g/mol. The summed E-state index contributed by atoms with van der Waals surface area (Å²) in [5.74, 6) is -0.0330. The number of nitrogens with zero attached hydrogens (tertiary/aromatic N) is 1. The molecular formula is C21H41NO3. The molecule has 1 unspecified atom stereocenters. The number of rotatable bonds is 16. The highest BCUT2D eigenvalue weighted by Gasteiger charge is 2.49. The first kappa shape index (κ1) is 22.4. The van der Waals surface area contributed by atoms with E-state index in [-0.39, 0.29) is 12.0 Å². The normalized spacial score (nSPS) is 20.5. The Morgan fingerprint density at radius 2 is 1.32 bits per heavy atom. The summed E-state index contributed by atoms with van der Waals surface area (Å²) < 4.78 is 5.32. The number of carbonyl (C=O) groups is 1. The van der Waals surface area contributed by atoms with Crippen molar-refractivity contribution in [1.82, 2.24) is 4.90 Å². The van der Waals surface area contributed by atoms with Crippen LogP contribution in [0.3, 0.4) is 0 Å². The molecule has 1 fully saturated rings. The van der Waals surface area contributed by atoms with Crippen LogP contribution in [0.15, 0.2) is 0 Å². The van der Waals surface area contributed by atoms with Crippen LogP contribution in [0, 0.1) is 0 Å². The molecule has 4 heteroatoms. The first-order valence-electron chi connectivity index (χ1n) is 10.6. The van der Waals surface area contributed by atoms with Crippen molar-refractivity contribution in [2.75, 3.05) is 14.1 Å². The van der Waals surface area contributed by atoms with Gasteiger partial charge in [-0.1, -0.05) is 90.4 Å². The van der Waals surface area contributed by atoms with Gasteiger partial charge in [0.15, 0.2) is 6.10 Å². The van der Waals surface area contributed by atoms with Crippen molar-refractivity contribution in [3.63, 3.8) is 0 Å². The summed E-state index contributed by atoms with van der Waals surface area (Å²) in [5.41, 5.74) is 0. The summed E-state index contributed by atoms with van der Waals surface area (Å²) in [6.07, 6.45) is 16.9. The molecule has 1 aliphatic rings. The van der Waals surface area contributed by atoms with Crippen LogP contribution in [0.25, 0.3) is 0 Å². The molecule has 0 aliphatic carbocycles. The van der Waals surface area contributed by atoms with E-state index in [2.05, 4.69) is 6.92 Å². The van der Waals surface area contributed by atoms with Gasteiger partial charge in [0, 0.05) is 14.1 Å². The van der Waals surface area contributed by atoms with E-state index < -0.39 is 12.2 Å². The third-order valence-corrected chi connectivity index (χ3v) is 5.19. The highest BCUT2D eigenvalue weighted by molar-refractivity contribution is 5.83. The number of amides is 1. The predicted molar refractivity (Wildman–Crippen MR) is 104 cm³/mol. The summed E-state index contributed by atoms with van der Waals surface area (Å²) in [7, 11) is 3.44. The van der Waals surface area contributed by atoms with E-state index >= 15 is 0 Å². The van der Waals surface area contributed by atoms with Crippen LogP contribution in [0.4, 0.5) is 0 Å². The number of ether oxygens (including phenoxy) is 1. The van der Waals surface area contributed by atoms with E-state index in [1.807, 2.05) is 0 Å². The first-order valence-corrected chi connectivity index (χ1v) is 10.6. The van der Waals surface area contributed by atoms with Gasteiger partial charge in [-0.25, -0.2) is 0 Å². The molecule has 0 aromatic rings. The van der Waals surface area contributed by atoms with Gasteiger partial charge in [0.1, 0.15) is 6.10 Å². The Morgan fingerprint density at radius 3 is 1.76 bits per heavy atom. The molecule has 0 radical (unpaired) electrons. The van der Waals surface area contributed by atoms with Crippen molar-refractivity contribution in [2.24, 2.45) is 0 Å². The van der Waals surface area contributed by atoms with Gasteiger partial charge in [-0.3, -0.25) is 4.79 Å². The Balaban J connectivity index is 1.83. The van der Waals surface area contributed by atoms with Crippen molar-refractivity contribution >= 4 is 5.91 Å². The van der Waals surface area contributed by atoms with Crippen LogP contribution in [-0.2, 0) is 9.53 Å². The Morgan fingerprint density at radius 1 is 0.880 bits per heavy atom. The maximum Gasteiger partial charge on any atom is 0.254 e. The third kappa shape index (κ3) is 10.2. The number of aliphatic hydroxyl groups is 1. The van der Waals surface area contributed by atoms with E-state index in [0.29, 0.717) is 0 Å². The van der Waals surface area contributed by atoms with E-state index in [4.69, 9.17) is 4.74 Å². The maximum absolute atomic E-state index is 11.7. The van der Waals surface area contributed by atoms with Gasteiger partial charge in [-0.2, -0.15) is 0 Å². The lowest BCUT2D eigenvalue weighted by molar-refractivity contribution is -0.130. The molecule has 25 heavy (non-hydrogen) atoms. The number of carbonyl (C=O) groups excluding carboxylic acids is 1. The third-order valence-electron chi connectivity index (χ3n) is 5.19. The summed E-state index contributed by atoms with van der Waals surface area (Å²) >= 11 is 0. The highest BCUT2D eigenvalue weighted by atomic mass is 16.6. The zero-order chi connectivity index (χ0) is 18.5. The average molecular weight is 356 g/mol.